The number of benzene rings is 2. The number of carbonyl (C=O) groups excluding carboxylic acids is 1. The van der Waals surface area contributed by atoms with E-state index in [9.17, 15) is 9.18 Å². The summed E-state index contributed by atoms with van der Waals surface area (Å²) in [6, 6.07) is 11.4. The Balaban J connectivity index is 2.22. The molecule has 0 unspecified atom stereocenters. The molecule has 0 bridgehead atoms. The van der Waals surface area contributed by atoms with Crippen molar-refractivity contribution in [1.29, 1.82) is 0 Å². The van der Waals surface area contributed by atoms with Gasteiger partial charge < -0.3 is 15.4 Å². The normalized spacial score (nSPS) is 10.0. The molecule has 2 aromatic carbocycles. The Labute approximate surface area is 122 Å². The second-order valence-electron chi connectivity index (χ2n) is 4.33. The molecule has 2 aromatic rings. The third-order valence-electron chi connectivity index (χ3n) is 2.91. The Hall–Kier alpha value is -2.56. The zero-order valence-corrected chi connectivity index (χ0v) is 11.9. The van der Waals surface area contributed by atoms with E-state index >= 15 is 0 Å². The summed E-state index contributed by atoms with van der Waals surface area (Å²) in [5.74, 6) is -0.177. The topological polar surface area (TPSA) is 50.4 Å². The summed E-state index contributed by atoms with van der Waals surface area (Å²) < 4.78 is 19.0. The van der Waals surface area contributed by atoms with Crippen molar-refractivity contribution in [3.63, 3.8) is 0 Å². The molecule has 0 atom stereocenters. The molecule has 1 amide bonds. The molecule has 0 radical (unpaired) electrons. The number of hydrogen-bond acceptors (Lipinski definition) is 3. The lowest BCUT2D eigenvalue weighted by atomic mass is 10.1. The molecule has 2 N–H and O–H groups in total. The fourth-order valence-electron chi connectivity index (χ4n) is 2.00. The monoisotopic (exact) mass is 288 g/mol. The minimum Gasteiger partial charge on any atom is -0.494 e. The molecule has 0 aromatic heterocycles. The first-order chi connectivity index (χ1) is 10.2. The van der Waals surface area contributed by atoms with Gasteiger partial charge in [-0.3, -0.25) is 4.79 Å². The summed E-state index contributed by atoms with van der Waals surface area (Å²) in [7, 11) is 1.57. The van der Waals surface area contributed by atoms with Crippen LogP contribution in [0.3, 0.4) is 0 Å². The Bertz CT molecular complexity index is 644. The van der Waals surface area contributed by atoms with Crippen LogP contribution in [0.25, 0.3) is 0 Å². The third kappa shape index (κ3) is 3.51. The maximum Gasteiger partial charge on any atom is 0.257 e. The molecule has 4 nitrogen and oxygen atoms in total. The number of amides is 1. The van der Waals surface area contributed by atoms with Gasteiger partial charge in [0.2, 0.25) is 0 Å². The van der Waals surface area contributed by atoms with E-state index in [0.29, 0.717) is 18.0 Å². The fourth-order valence-corrected chi connectivity index (χ4v) is 2.00. The average molecular weight is 288 g/mol. The van der Waals surface area contributed by atoms with Gasteiger partial charge >= 0.3 is 0 Å². The molecule has 21 heavy (non-hydrogen) atoms. The number of nitrogens with one attached hydrogen (secondary N) is 2. The molecule has 0 fully saturated rings. The standard InChI is InChI=1S/C16H17FN2O2/c1-3-21-12-7-4-6-11(10-12)19-16(20)13-8-5-9-14(17)15(13)18-2/h4-10,18H,3H2,1-2H3,(H,19,20). The number of anilines is 2. The number of halogens is 1. The van der Waals surface area contributed by atoms with Crippen molar-refractivity contribution in [3.05, 3.63) is 53.8 Å². The molecule has 0 spiro atoms. The van der Waals surface area contributed by atoms with Gasteiger partial charge in [0.05, 0.1) is 17.9 Å². The van der Waals surface area contributed by atoms with Crippen molar-refractivity contribution in [2.45, 2.75) is 6.92 Å². The van der Waals surface area contributed by atoms with Crippen LogP contribution in [0.5, 0.6) is 5.75 Å². The van der Waals surface area contributed by atoms with Crippen LogP contribution in [0.1, 0.15) is 17.3 Å². The van der Waals surface area contributed by atoms with Crippen LogP contribution in [0.4, 0.5) is 15.8 Å². The molecule has 2 rings (SSSR count). The molecule has 0 heterocycles. The maximum atomic E-state index is 13.7. The summed E-state index contributed by atoms with van der Waals surface area (Å²) in [5, 5.41) is 5.44. The van der Waals surface area contributed by atoms with E-state index in [4.69, 9.17) is 4.74 Å². The van der Waals surface area contributed by atoms with Gasteiger partial charge in [0.1, 0.15) is 11.6 Å². The second-order valence-corrected chi connectivity index (χ2v) is 4.33. The lowest BCUT2D eigenvalue weighted by Crippen LogP contribution is -2.14. The van der Waals surface area contributed by atoms with Crippen LogP contribution in [0.15, 0.2) is 42.5 Å². The van der Waals surface area contributed by atoms with E-state index in [1.165, 1.54) is 12.1 Å². The summed E-state index contributed by atoms with van der Waals surface area (Å²) in [4.78, 5) is 12.3. The molecule has 0 saturated heterocycles. The van der Waals surface area contributed by atoms with E-state index in [-0.39, 0.29) is 17.2 Å². The highest BCUT2D eigenvalue weighted by molar-refractivity contribution is 6.08. The number of carbonyl (C=O) groups is 1. The summed E-state index contributed by atoms with van der Waals surface area (Å²) in [5.41, 5.74) is 1.02. The van der Waals surface area contributed by atoms with Crippen molar-refractivity contribution in [2.75, 3.05) is 24.3 Å². The summed E-state index contributed by atoms with van der Waals surface area (Å²) in [6.45, 7) is 2.43. The minimum absolute atomic E-state index is 0.177. The predicted molar refractivity (Wildman–Crippen MR) is 81.5 cm³/mol. The number of hydrogen-bond donors (Lipinski definition) is 2. The van der Waals surface area contributed by atoms with Gasteiger partial charge in [0, 0.05) is 18.8 Å². The van der Waals surface area contributed by atoms with Crippen molar-refractivity contribution in [2.24, 2.45) is 0 Å². The lowest BCUT2D eigenvalue weighted by Gasteiger charge is -2.11. The van der Waals surface area contributed by atoms with Crippen molar-refractivity contribution < 1.29 is 13.9 Å². The van der Waals surface area contributed by atoms with Crippen molar-refractivity contribution in [1.82, 2.24) is 0 Å². The van der Waals surface area contributed by atoms with E-state index in [2.05, 4.69) is 10.6 Å². The summed E-state index contributed by atoms with van der Waals surface area (Å²) >= 11 is 0. The predicted octanol–water partition coefficient (Wildman–Crippen LogP) is 3.52. The Morgan fingerprint density at radius 1 is 1.24 bits per heavy atom. The second kappa shape index (κ2) is 6.74. The highest BCUT2D eigenvalue weighted by atomic mass is 19.1. The van der Waals surface area contributed by atoms with Gasteiger partial charge in [0.25, 0.3) is 5.91 Å². The maximum absolute atomic E-state index is 13.7. The molecule has 0 aliphatic rings. The molecule has 110 valence electrons. The van der Waals surface area contributed by atoms with Crippen LogP contribution < -0.4 is 15.4 Å². The highest BCUT2D eigenvalue weighted by Gasteiger charge is 2.14. The first-order valence-corrected chi connectivity index (χ1v) is 6.66. The van der Waals surface area contributed by atoms with Crippen LogP contribution >= 0.6 is 0 Å². The molecule has 0 aliphatic carbocycles. The van der Waals surface area contributed by atoms with Gasteiger partial charge in [-0.2, -0.15) is 0 Å². The SMILES string of the molecule is CCOc1cccc(NC(=O)c2cccc(F)c2NC)c1. The van der Waals surface area contributed by atoms with Crippen molar-refractivity contribution in [3.8, 4) is 5.75 Å². The van der Waals surface area contributed by atoms with E-state index in [1.54, 1.807) is 37.4 Å². The average Bonchev–Trinajstić information content (AvgIpc) is 2.47. The Morgan fingerprint density at radius 3 is 2.71 bits per heavy atom. The zero-order chi connectivity index (χ0) is 15.2. The van der Waals surface area contributed by atoms with Gasteiger partial charge in [-0.05, 0) is 31.2 Å². The third-order valence-corrected chi connectivity index (χ3v) is 2.91. The van der Waals surface area contributed by atoms with Gasteiger partial charge in [-0.15, -0.1) is 0 Å². The first-order valence-electron chi connectivity index (χ1n) is 6.66. The number of ether oxygens (including phenoxy) is 1. The van der Waals surface area contributed by atoms with Crippen LogP contribution in [-0.2, 0) is 0 Å². The number of para-hydroxylation sites is 1. The molecule has 5 heteroatoms. The van der Waals surface area contributed by atoms with Crippen LogP contribution in [0.2, 0.25) is 0 Å². The molecular weight excluding hydrogens is 271 g/mol. The zero-order valence-electron chi connectivity index (χ0n) is 11.9. The van der Waals surface area contributed by atoms with Crippen LogP contribution in [-0.4, -0.2) is 19.6 Å². The smallest absolute Gasteiger partial charge is 0.257 e. The van der Waals surface area contributed by atoms with Gasteiger partial charge in [0.15, 0.2) is 0 Å². The molecule has 0 saturated carbocycles. The van der Waals surface area contributed by atoms with Crippen LogP contribution in [0, 0.1) is 5.82 Å². The Morgan fingerprint density at radius 2 is 2.00 bits per heavy atom. The first kappa shape index (κ1) is 14.8. The lowest BCUT2D eigenvalue weighted by molar-refractivity contribution is 0.102. The molecule has 0 aliphatic heterocycles. The van der Waals surface area contributed by atoms with Gasteiger partial charge in [-0.1, -0.05) is 12.1 Å². The molecular formula is C16H17FN2O2. The largest absolute Gasteiger partial charge is 0.494 e. The summed E-state index contributed by atoms with van der Waals surface area (Å²) in [6.07, 6.45) is 0. The minimum atomic E-state index is -0.465. The Kier molecular flexibility index (Phi) is 4.77. The quantitative estimate of drug-likeness (QED) is 0.885. The van der Waals surface area contributed by atoms with Crippen molar-refractivity contribution >= 4 is 17.3 Å². The van der Waals surface area contributed by atoms with E-state index in [0.717, 1.165) is 0 Å². The van der Waals surface area contributed by atoms with E-state index in [1.807, 2.05) is 6.92 Å². The van der Waals surface area contributed by atoms with Gasteiger partial charge in [-0.25, -0.2) is 4.39 Å². The highest BCUT2D eigenvalue weighted by Crippen LogP contribution is 2.22. The number of rotatable bonds is 5. The fraction of sp³-hybridized carbons (Fsp3) is 0.188. The van der Waals surface area contributed by atoms with E-state index < -0.39 is 5.82 Å².